The second-order valence-electron chi connectivity index (χ2n) is 40.6. The molecule has 0 aromatic heterocycles. The van der Waals surface area contributed by atoms with Crippen molar-refractivity contribution in [3.05, 3.63) is 0 Å². The molecule has 7 fully saturated rings. The molecule has 7 saturated heterocycles. The van der Waals surface area contributed by atoms with Gasteiger partial charge in [-0.2, -0.15) is 0 Å². The molecule has 0 aliphatic carbocycles. The first-order chi connectivity index (χ1) is 64.1. The number of alkyl halides is 2. The lowest BCUT2D eigenvalue weighted by Gasteiger charge is -2.31. The average molecular weight is 2220 g/mol. The molecule has 816 valence electrons. The molecule has 12 radical (unpaired) electrons. The van der Waals surface area contributed by atoms with Crippen molar-refractivity contribution in [1.82, 2.24) is 35.6 Å². The Morgan fingerprint density at radius 3 is 0.821 bits per heavy atom. The summed E-state index contributed by atoms with van der Waals surface area (Å²) in [6.07, 6.45) is -15.8. The summed E-state index contributed by atoms with van der Waals surface area (Å²) in [5, 5.41) is 20.9. The molecule has 7 rings (SSSR count). The number of rotatable bonds is 49. The lowest BCUT2D eigenvalue weighted by Crippen LogP contribution is -2.47. The summed E-state index contributed by atoms with van der Waals surface area (Å²) in [6.45, 7) is 63.3. The Hall–Kier alpha value is 2.69. The van der Waals surface area contributed by atoms with Gasteiger partial charge >= 0.3 is 0 Å². The van der Waals surface area contributed by atoms with E-state index in [2.05, 4.69) is 47.9 Å². The minimum Gasteiger partial charge on any atom is -0.382 e. The van der Waals surface area contributed by atoms with Crippen LogP contribution in [0.1, 0.15) is 235 Å². The van der Waals surface area contributed by atoms with Crippen molar-refractivity contribution in [1.29, 1.82) is 0 Å². The van der Waals surface area contributed by atoms with Gasteiger partial charge in [0.1, 0.15) is 85.1 Å². The molecule has 0 aromatic carbocycles. The number of methoxy groups -OCH3 is 1. The molecule has 0 amide bonds. The lowest BCUT2D eigenvalue weighted by atomic mass is 9.85. The Morgan fingerprint density at radius 2 is 0.543 bits per heavy atom. The summed E-state index contributed by atoms with van der Waals surface area (Å²) >= 11 is 25.3. The predicted octanol–water partition coefficient (Wildman–Crippen LogP) is 11.7. The zero-order valence-electron chi connectivity index (χ0n) is 89.8. The second-order valence-corrected chi connectivity index (χ2v) is 66.8. The maximum Gasteiger partial charge on any atom is 0.270 e. The quantitative estimate of drug-likeness (QED) is 0.0116. The van der Waals surface area contributed by atoms with Gasteiger partial charge in [-0.25, -0.2) is 19.0 Å². The zero-order valence-corrected chi connectivity index (χ0v) is 100. The van der Waals surface area contributed by atoms with Gasteiger partial charge in [0.15, 0.2) is 0 Å². The summed E-state index contributed by atoms with van der Waals surface area (Å²) in [4.78, 5) is 61.3. The first-order valence-electron chi connectivity index (χ1n) is 49.3. The average Bonchev–Trinajstić information content (AvgIpc) is 1.64. The third kappa shape index (κ3) is 49.4. The maximum absolute atomic E-state index is 14.2. The minimum absolute atomic E-state index is 0.0152. The molecule has 33 nitrogen and oxygen atoms in total. The van der Waals surface area contributed by atoms with E-state index in [1.165, 1.54) is 0 Å². The van der Waals surface area contributed by atoms with E-state index in [1.807, 2.05) is 180 Å². The van der Waals surface area contributed by atoms with Gasteiger partial charge in [0.25, 0.3) is 15.0 Å². The molecule has 13 N–H and O–H groups in total. The molecule has 0 aromatic rings. The Morgan fingerprint density at radius 1 is 0.314 bits per heavy atom. The van der Waals surface area contributed by atoms with Gasteiger partial charge in [-0.05, 0) is 128 Å². The first-order valence-corrected chi connectivity index (χ1v) is 66.9. The highest BCUT2D eigenvalue weighted by Gasteiger charge is 2.52. The van der Waals surface area contributed by atoms with Crippen LogP contribution in [0.5, 0.6) is 0 Å². The fourth-order valence-corrected chi connectivity index (χ4v) is 23.2. The van der Waals surface area contributed by atoms with Crippen molar-refractivity contribution in [2.75, 3.05) is 73.2 Å². The largest absolute Gasteiger partial charge is 0.382 e. The Labute approximate surface area is 875 Å². The molecule has 0 saturated carbocycles. The molecule has 7 aliphatic rings. The third-order valence-corrected chi connectivity index (χ3v) is 46.3. The van der Waals surface area contributed by atoms with Crippen LogP contribution in [0.3, 0.4) is 0 Å². The number of hydrogen-bond acceptors (Lipinski definition) is 24. The van der Waals surface area contributed by atoms with E-state index in [0.717, 1.165) is 6.42 Å². The second kappa shape index (κ2) is 66.3. The topological polar surface area (TPSA) is 414 Å². The van der Waals surface area contributed by atoms with E-state index in [0.29, 0.717) is 59.5 Å². The van der Waals surface area contributed by atoms with E-state index < -0.39 is 144 Å². The van der Waals surface area contributed by atoms with Crippen molar-refractivity contribution in [3.63, 3.8) is 0 Å². The third-order valence-electron chi connectivity index (χ3n) is 23.7. The molecule has 35 atom stereocenters. The van der Waals surface area contributed by atoms with Gasteiger partial charge in [-0.15, -0.1) is 0 Å². The van der Waals surface area contributed by atoms with Crippen LogP contribution in [0.25, 0.3) is 0 Å². The Kier molecular flexibility index (Phi) is 66.6. The van der Waals surface area contributed by atoms with Gasteiger partial charge in [-0.1, -0.05) is 184 Å². The van der Waals surface area contributed by atoms with Crippen LogP contribution in [0.2, 0.25) is 0 Å². The predicted molar refractivity (Wildman–Crippen MR) is 584 cm³/mol. The normalized spacial score (nSPS) is 33.8. The minimum atomic E-state index is -3.52. The standard InChI is InChI=1S/C14H29BNO5PS.C14H29BNO5P.C12H25BNO4P.2C12H25BNO3PS.C12H25FNO3PS.C11H22BFNO3PS/c1-9(2)20-8-11-12(16-22(17,23)10(3)4)13(14(15)21-11)19-7-6-18-5;1-6-7-19-13-12(16-22(17,18)10(4)5)11(21-14(13)15)8-20-9(2)3;1-7(2)17-6-10-11(9(5)12(13)18-10)14-19(15,16)8(3)4;2*1-7(2)16-6-10-11(9(5)12(13)17-10)14-18(15,19)8(3)4;1-7(2)16-6-10-12(11(13)9(5)17-10)14-18(15,19)8(3)4;1-6(2)16-5-8-10(9(13)11(12)17-8)14-18(15,19)7(3)4/h9-14H,6-8H2,1-5H3,(H2,16,17,23);9-14H,6-8H2,1-5H3,(H2,16,17,18);7-12H,6H2,1-5H3,(H2,14,15,16);3*7-12H,6H2,1-5H3,(H2,14,15,19);6-11H,5H2,1-4H3,(H2,14,15,19)/t11-,12?,13+,14-,22?;11-,12?,13+,14-;9-,10+,11?,12+;2*9-,10+,11?,12+,18?;9-,10+,11+,12?,18?;8-,9+,10?,11-,18?/m1100001/s1. The highest BCUT2D eigenvalue weighted by atomic mass is 32.7. The Bertz CT molecular complexity index is 3430. The van der Waals surface area contributed by atoms with Crippen molar-refractivity contribution in [2.24, 2.45) is 17.8 Å². The van der Waals surface area contributed by atoms with Gasteiger partial charge in [0, 0.05) is 107 Å². The Balaban J connectivity index is 0.000000818. The summed E-state index contributed by atoms with van der Waals surface area (Å²) in [6, 6.07) is -5.97. The van der Waals surface area contributed by atoms with Crippen molar-refractivity contribution >= 4 is 154 Å². The van der Waals surface area contributed by atoms with Crippen LogP contribution in [-0.4, -0.2) is 384 Å². The fraction of sp³-hybridized carbons (Fsp3) is 1.00. The molecular weight excluding hydrogens is 2040 g/mol. The number of nitrogens with one attached hydrogen (secondary N) is 7. The zero-order chi connectivity index (χ0) is 108. The van der Waals surface area contributed by atoms with Gasteiger partial charge < -0.3 is 110 Å². The molecule has 0 spiro atoms. The van der Waals surface area contributed by atoms with Crippen molar-refractivity contribution in [3.8, 4) is 0 Å². The number of halogens is 2. The van der Waals surface area contributed by atoms with Crippen LogP contribution in [0, 0.1) is 17.8 Å². The molecule has 14 unspecified atom stereocenters. The molecule has 140 heavy (non-hydrogen) atoms. The summed E-state index contributed by atoms with van der Waals surface area (Å²) in [5.41, 5.74) is -1.05. The number of ether oxygens (including phenoxy) is 17. The molecule has 53 heteroatoms. The molecule has 0 bridgehead atoms. The summed E-state index contributed by atoms with van der Waals surface area (Å²) < 4.78 is 160. The lowest BCUT2D eigenvalue weighted by molar-refractivity contribution is -0.0345. The molecule has 7 aliphatic heterocycles. The summed E-state index contributed by atoms with van der Waals surface area (Å²) in [5.74, 6) is 0.119. The van der Waals surface area contributed by atoms with Crippen molar-refractivity contribution in [2.45, 2.75) is 469 Å². The maximum atomic E-state index is 14.2. The first kappa shape index (κ1) is 141. The monoisotopic (exact) mass is 2220 g/mol. The highest BCUT2D eigenvalue weighted by Crippen LogP contribution is 2.54. The van der Waals surface area contributed by atoms with Crippen molar-refractivity contribution < 1.29 is 132 Å². The van der Waals surface area contributed by atoms with E-state index in [4.69, 9.17) is 175 Å². The van der Waals surface area contributed by atoms with E-state index in [-0.39, 0.29) is 162 Å². The van der Waals surface area contributed by atoms with Crippen LogP contribution in [-0.2, 0) is 141 Å². The summed E-state index contributed by atoms with van der Waals surface area (Å²) in [7, 11) is 30.0. The number of hydrogen-bond donors (Lipinski definition) is 14. The highest BCUT2D eigenvalue weighted by molar-refractivity contribution is 8.47. The van der Waals surface area contributed by atoms with E-state index in [9.17, 15) is 51.8 Å². The molecular formula is C87H180B6F2N7O26P7S5. The fourth-order valence-electron chi connectivity index (χ4n) is 13.8. The van der Waals surface area contributed by atoms with Gasteiger partial charge in [0.05, 0.1) is 187 Å². The SMILES string of the molecule is CC(C)OC[C@H]1O[C@@H](C)[C@@H](F)C1NP(O)(=S)C(C)C.[B][C@@H]1O[C@H](COC(C)C)C(NP(=O)(O)C(C)C)[C@@H]1C.[B][C@@H]1O[C@H](COC(C)C)C(NP(=O)(O)C(C)C)[C@@H]1OCCC.[B][C@@H]1O[C@H](COC(C)C)C(NP(=O)(S)C(C)C)[C@@H]1C.[B][C@@H]1O[C@H](COC(C)C)C(NP(O)(=S)C(C)C)[C@@H]1C.[B][C@@H]1O[C@H](COC(C)C)C(NP(O)(=S)C(C)C)[C@@H]1F.[B][C@@H]1O[C@H](COC(C)C)C(NP(O)(=S)C(C)C)[C@@H]1OCCOC. The van der Waals surface area contributed by atoms with E-state index >= 15 is 0 Å². The molecule has 7 heterocycles. The van der Waals surface area contributed by atoms with Crippen LogP contribution in [0.15, 0.2) is 0 Å². The van der Waals surface area contributed by atoms with Crippen LogP contribution in [0.4, 0.5) is 8.78 Å². The van der Waals surface area contributed by atoms with Crippen LogP contribution < -0.4 is 35.6 Å². The van der Waals surface area contributed by atoms with Gasteiger partial charge in [0.2, 0.25) is 6.49 Å². The van der Waals surface area contributed by atoms with Gasteiger partial charge in [-0.3, -0.25) is 39.1 Å². The number of thiol groups is 1. The smallest absolute Gasteiger partial charge is 0.270 e. The van der Waals surface area contributed by atoms with Crippen LogP contribution >= 0.6 is 59.4 Å². The van der Waals surface area contributed by atoms with E-state index in [1.54, 1.807) is 55.6 Å².